The van der Waals surface area contributed by atoms with Crippen molar-refractivity contribution < 1.29 is 24.6 Å². The summed E-state index contributed by atoms with van der Waals surface area (Å²) in [4.78, 5) is 33.4. The summed E-state index contributed by atoms with van der Waals surface area (Å²) < 4.78 is 0. The summed E-state index contributed by atoms with van der Waals surface area (Å²) in [5.74, 6) is -1.63. The van der Waals surface area contributed by atoms with Crippen molar-refractivity contribution >= 4 is 17.9 Å². The van der Waals surface area contributed by atoms with Gasteiger partial charge in [0.1, 0.15) is 0 Å². The van der Waals surface area contributed by atoms with Crippen LogP contribution in [0.2, 0.25) is 0 Å². The fraction of sp³-hybridized carbons (Fsp3) is 0.750. The lowest BCUT2D eigenvalue weighted by Crippen LogP contribution is -2.49. The number of carbonyl (C=O) groups excluding carboxylic acids is 2. The highest BCUT2D eigenvalue weighted by Gasteiger charge is 2.30. The summed E-state index contributed by atoms with van der Waals surface area (Å²) >= 11 is 0. The van der Waals surface area contributed by atoms with Crippen LogP contribution in [0.1, 0.15) is 34.1 Å². The number of carboxylic acids is 1. The van der Waals surface area contributed by atoms with E-state index < -0.39 is 24.1 Å². The molecule has 3 amide bonds. The van der Waals surface area contributed by atoms with Crippen LogP contribution in [0.15, 0.2) is 0 Å². The molecular weight excluding hydrogens is 266 g/mol. The minimum Gasteiger partial charge on any atom is -0.479 e. The molecule has 0 aliphatic heterocycles. The van der Waals surface area contributed by atoms with Crippen molar-refractivity contribution in [1.82, 2.24) is 16.0 Å². The lowest BCUT2D eigenvalue weighted by atomic mass is 10.1. The minimum atomic E-state index is -2.03. The Morgan fingerprint density at radius 2 is 1.60 bits per heavy atom. The largest absolute Gasteiger partial charge is 0.479 e. The molecule has 0 aromatic heterocycles. The van der Waals surface area contributed by atoms with E-state index >= 15 is 0 Å². The van der Waals surface area contributed by atoms with Gasteiger partial charge in [-0.3, -0.25) is 4.79 Å². The van der Waals surface area contributed by atoms with Crippen molar-refractivity contribution in [3.63, 3.8) is 0 Å². The van der Waals surface area contributed by atoms with Gasteiger partial charge >= 0.3 is 12.0 Å². The lowest BCUT2D eigenvalue weighted by molar-refractivity contribution is -0.155. The Morgan fingerprint density at radius 1 is 1.05 bits per heavy atom. The number of carboxylic acid groups (broad SMARTS) is 1. The Morgan fingerprint density at radius 3 is 2.05 bits per heavy atom. The molecule has 0 aromatic carbocycles. The fourth-order valence-electron chi connectivity index (χ4n) is 1.16. The number of amides is 3. The Hall–Kier alpha value is -1.83. The third-order valence-corrected chi connectivity index (χ3v) is 2.21. The lowest BCUT2D eigenvalue weighted by Gasteiger charge is -2.21. The van der Waals surface area contributed by atoms with E-state index in [1.165, 1.54) is 0 Å². The average Bonchev–Trinajstić information content (AvgIpc) is 2.23. The summed E-state index contributed by atoms with van der Waals surface area (Å²) in [5.41, 5.74) is -2.36. The van der Waals surface area contributed by atoms with Crippen LogP contribution < -0.4 is 16.0 Å². The normalized spacial score (nSPS) is 14.1. The molecule has 0 bridgehead atoms. The maximum absolute atomic E-state index is 11.4. The first-order chi connectivity index (χ1) is 8.94. The zero-order valence-corrected chi connectivity index (χ0v) is 12.2. The Kier molecular flexibility index (Phi) is 6.44. The summed E-state index contributed by atoms with van der Waals surface area (Å²) in [7, 11) is 0. The molecule has 0 aliphatic carbocycles. The van der Waals surface area contributed by atoms with Gasteiger partial charge in [-0.25, -0.2) is 9.59 Å². The SMILES string of the molecule is CC(C)(C)NC(=O)CCNC(=O)NCC(C)(O)C(=O)O. The van der Waals surface area contributed by atoms with Crippen LogP contribution >= 0.6 is 0 Å². The predicted octanol–water partition coefficient (Wildman–Crippen LogP) is -0.574. The van der Waals surface area contributed by atoms with E-state index in [9.17, 15) is 19.5 Å². The van der Waals surface area contributed by atoms with Gasteiger partial charge in [-0.15, -0.1) is 0 Å². The maximum atomic E-state index is 11.4. The molecule has 20 heavy (non-hydrogen) atoms. The highest BCUT2D eigenvalue weighted by Crippen LogP contribution is 2.00. The molecular formula is C12H23N3O5. The number of aliphatic hydroxyl groups is 1. The molecule has 1 unspecified atom stereocenters. The monoisotopic (exact) mass is 289 g/mol. The molecule has 0 rings (SSSR count). The summed E-state index contributed by atoms with van der Waals surface area (Å²) in [6.07, 6.45) is 0.111. The zero-order chi connectivity index (χ0) is 16.0. The molecule has 116 valence electrons. The van der Waals surface area contributed by atoms with Gasteiger partial charge in [-0.1, -0.05) is 0 Å². The van der Waals surface area contributed by atoms with Crippen molar-refractivity contribution in [2.45, 2.75) is 45.3 Å². The molecule has 5 N–H and O–H groups in total. The maximum Gasteiger partial charge on any atom is 0.337 e. The second kappa shape index (κ2) is 7.09. The van der Waals surface area contributed by atoms with Crippen molar-refractivity contribution in [3.8, 4) is 0 Å². The Bertz CT molecular complexity index is 374. The van der Waals surface area contributed by atoms with Gasteiger partial charge in [0.15, 0.2) is 5.60 Å². The van der Waals surface area contributed by atoms with E-state index in [0.29, 0.717) is 0 Å². The molecule has 1 atom stereocenters. The van der Waals surface area contributed by atoms with Crippen LogP contribution in [-0.4, -0.2) is 52.4 Å². The van der Waals surface area contributed by atoms with Crippen LogP contribution in [0.4, 0.5) is 4.79 Å². The first-order valence-corrected chi connectivity index (χ1v) is 6.22. The predicted molar refractivity (Wildman–Crippen MR) is 72.2 cm³/mol. The molecule has 8 heteroatoms. The molecule has 0 heterocycles. The van der Waals surface area contributed by atoms with E-state index in [1.54, 1.807) is 0 Å². The third-order valence-electron chi connectivity index (χ3n) is 2.21. The fourth-order valence-corrected chi connectivity index (χ4v) is 1.16. The molecule has 0 aromatic rings. The van der Waals surface area contributed by atoms with Gasteiger partial charge in [0.25, 0.3) is 0 Å². The number of urea groups is 1. The third kappa shape index (κ3) is 8.30. The number of rotatable bonds is 6. The molecule has 0 radical (unpaired) electrons. The standard InChI is InChI=1S/C12H23N3O5/c1-11(2,3)15-8(16)5-6-13-10(19)14-7-12(4,20)9(17)18/h20H,5-7H2,1-4H3,(H,15,16)(H,17,18)(H2,13,14,19). The van der Waals surface area contributed by atoms with Gasteiger partial charge in [-0.05, 0) is 27.7 Å². The molecule has 0 fully saturated rings. The average molecular weight is 289 g/mol. The van der Waals surface area contributed by atoms with Crippen molar-refractivity contribution in [2.24, 2.45) is 0 Å². The van der Waals surface area contributed by atoms with E-state index in [0.717, 1.165) is 6.92 Å². The minimum absolute atomic E-state index is 0.111. The van der Waals surface area contributed by atoms with Crippen LogP contribution in [0.3, 0.4) is 0 Å². The first-order valence-electron chi connectivity index (χ1n) is 6.22. The quantitative estimate of drug-likeness (QED) is 0.447. The molecule has 8 nitrogen and oxygen atoms in total. The first kappa shape index (κ1) is 18.2. The van der Waals surface area contributed by atoms with E-state index in [1.807, 2.05) is 20.8 Å². The van der Waals surface area contributed by atoms with E-state index in [4.69, 9.17) is 5.11 Å². The summed E-state index contributed by atoms with van der Waals surface area (Å²) in [6.45, 7) is 6.30. The van der Waals surface area contributed by atoms with Crippen LogP contribution in [0.5, 0.6) is 0 Å². The van der Waals surface area contributed by atoms with Crippen LogP contribution in [0, 0.1) is 0 Å². The smallest absolute Gasteiger partial charge is 0.337 e. The number of nitrogens with one attached hydrogen (secondary N) is 3. The summed E-state index contributed by atoms with van der Waals surface area (Å²) in [5, 5.41) is 25.4. The highest BCUT2D eigenvalue weighted by atomic mass is 16.4. The Balaban J connectivity index is 3.91. The number of carbonyl (C=O) groups is 3. The number of hydrogen-bond acceptors (Lipinski definition) is 4. The second-order valence-corrected chi connectivity index (χ2v) is 5.74. The van der Waals surface area contributed by atoms with Crippen LogP contribution in [-0.2, 0) is 9.59 Å². The zero-order valence-electron chi connectivity index (χ0n) is 12.2. The van der Waals surface area contributed by atoms with Crippen molar-refractivity contribution in [2.75, 3.05) is 13.1 Å². The highest BCUT2D eigenvalue weighted by molar-refractivity contribution is 5.80. The van der Waals surface area contributed by atoms with Gasteiger partial charge in [-0.2, -0.15) is 0 Å². The molecule has 0 aliphatic rings. The van der Waals surface area contributed by atoms with Crippen molar-refractivity contribution in [1.29, 1.82) is 0 Å². The number of hydrogen-bond donors (Lipinski definition) is 5. The van der Waals surface area contributed by atoms with Crippen LogP contribution in [0.25, 0.3) is 0 Å². The molecule has 0 spiro atoms. The van der Waals surface area contributed by atoms with Crippen molar-refractivity contribution in [3.05, 3.63) is 0 Å². The number of aliphatic carboxylic acids is 1. The van der Waals surface area contributed by atoms with Gasteiger partial charge in [0, 0.05) is 18.5 Å². The summed E-state index contributed by atoms with van der Waals surface area (Å²) in [6, 6.07) is -0.643. The van der Waals surface area contributed by atoms with E-state index in [-0.39, 0.29) is 24.4 Å². The van der Waals surface area contributed by atoms with Gasteiger partial charge < -0.3 is 26.2 Å². The molecule has 0 saturated carbocycles. The Labute approximate surface area is 117 Å². The molecule has 0 saturated heterocycles. The van der Waals surface area contributed by atoms with Gasteiger partial charge in [0.2, 0.25) is 5.91 Å². The second-order valence-electron chi connectivity index (χ2n) is 5.74. The van der Waals surface area contributed by atoms with Gasteiger partial charge in [0.05, 0.1) is 6.54 Å². The van der Waals surface area contributed by atoms with E-state index in [2.05, 4.69) is 16.0 Å². The topological polar surface area (TPSA) is 128 Å².